The number of ether oxygens (including phenoxy) is 1. The van der Waals surface area contributed by atoms with Gasteiger partial charge in [0.15, 0.2) is 6.61 Å². The van der Waals surface area contributed by atoms with Crippen LogP contribution in [0.5, 0.6) is 5.75 Å². The van der Waals surface area contributed by atoms with Crippen LogP contribution < -0.4 is 9.64 Å². The van der Waals surface area contributed by atoms with Crippen molar-refractivity contribution in [1.82, 2.24) is 10.1 Å². The third-order valence-corrected chi connectivity index (χ3v) is 4.51. The highest BCUT2D eigenvalue weighted by molar-refractivity contribution is 7.08. The predicted molar refractivity (Wildman–Crippen MR) is 90.0 cm³/mol. The Bertz CT molecular complexity index is 827. The highest BCUT2D eigenvalue weighted by atomic mass is 32.1. The van der Waals surface area contributed by atoms with Gasteiger partial charge in [-0.05, 0) is 42.1 Å². The van der Waals surface area contributed by atoms with Crippen LogP contribution in [0.15, 0.2) is 45.6 Å². The van der Waals surface area contributed by atoms with Crippen LogP contribution in [0.2, 0.25) is 0 Å². The summed E-state index contributed by atoms with van der Waals surface area (Å²) in [5.41, 5.74) is 1.84. The normalized spacial score (nSPS) is 14.3. The van der Waals surface area contributed by atoms with Crippen LogP contribution in [0.3, 0.4) is 0 Å². The van der Waals surface area contributed by atoms with Crippen LogP contribution in [-0.4, -0.2) is 22.6 Å². The number of hydrogen-bond donors (Lipinski definition) is 0. The number of aromatic nitrogens is 2. The zero-order valence-corrected chi connectivity index (χ0v) is 13.7. The summed E-state index contributed by atoms with van der Waals surface area (Å²) >= 11 is 1.58. The van der Waals surface area contributed by atoms with Gasteiger partial charge in [-0.1, -0.05) is 5.16 Å². The molecular formula is C17H15N3O3S. The van der Waals surface area contributed by atoms with E-state index in [2.05, 4.69) is 10.1 Å². The first-order chi connectivity index (χ1) is 11.8. The molecule has 1 amide bonds. The maximum Gasteiger partial charge on any atom is 0.264 e. The summed E-state index contributed by atoms with van der Waals surface area (Å²) in [6, 6.07) is 9.42. The first-order valence-electron chi connectivity index (χ1n) is 7.68. The number of hydrogen-bond acceptors (Lipinski definition) is 6. The Kier molecular flexibility index (Phi) is 4.00. The van der Waals surface area contributed by atoms with Crippen LogP contribution in [0.4, 0.5) is 5.69 Å². The molecule has 0 saturated carbocycles. The molecule has 0 spiro atoms. The van der Waals surface area contributed by atoms with Gasteiger partial charge in [0.25, 0.3) is 5.89 Å². The molecule has 3 heterocycles. The van der Waals surface area contributed by atoms with Crippen molar-refractivity contribution in [2.75, 3.05) is 11.4 Å². The Morgan fingerprint density at radius 1 is 1.25 bits per heavy atom. The van der Waals surface area contributed by atoms with Crippen molar-refractivity contribution >= 4 is 22.9 Å². The van der Waals surface area contributed by atoms with E-state index in [1.807, 2.05) is 41.1 Å². The standard InChI is InChI=1S/C17H15N3O3S/c21-16-2-1-8-20(16)13-3-5-14(6-4-13)22-10-15-18-17(19-23-15)12-7-9-24-11-12/h3-7,9,11H,1-2,8,10H2. The van der Waals surface area contributed by atoms with Gasteiger partial charge >= 0.3 is 0 Å². The molecule has 0 unspecified atom stereocenters. The predicted octanol–water partition coefficient (Wildman–Crippen LogP) is 3.50. The zero-order valence-electron chi connectivity index (χ0n) is 12.8. The first-order valence-corrected chi connectivity index (χ1v) is 8.62. The molecule has 1 fully saturated rings. The third-order valence-electron chi connectivity index (χ3n) is 3.83. The molecule has 1 aliphatic rings. The fourth-order valence-electron chi connectivity index (χ4n) is 2.61. The minimum Gasteiger partial charge on any atom is -0.484 e. The molecule has 0 bridgehead atoms. The molecule has 0 N–H and O–H groups in total. The van der Waals surface area contributed by atoms with Crippen molar-refractivity contribution in [3.8, 4) is 17.1 Å². The summed E-state index contributed by atoms with van der Waals surface area (Å²) in [5, 5.41) is 7.88. The number of anilines is 1. The smallest absolute Gasteiger partial charge is 0.264 e. The monoisotopic (exact) mass is 341 g/mol. The van der Waals surface area contributed by atoms with E-state index < -0.39 is 0 Å². The molecule has 7 heteroatoms. The van der Waals surface area contributed by atoms with E-state index in [0.29, 0.717) is 23.9 Å². The second-order valence-electron chi connectivity index (χ2n) is 5.46. The van der Waals surface area contributed by atoms with Gasteiger partial charge in [0.2, 0.25) is 11.7 Å². The van der Waals surface area contributed by atoms with Crippen molar-refractivity contribution < 1.29 is 14.1 Å². The number of benzene rings is 1. The van der Waals surface area contributed by atoms with E-state index in [0.717, 1.165) is 24.2 Å². The number of thiophene rings is 1. The van der Waals surface area contributed by atoms with Crippen LogP contribution in [0.25, 0.3) is 11.4 Å². The van der Waals surface area contributed by atoms with Crippen molar-refractivity contribution in [2.45, 2.75) is 19.4 Å². The van der Waals surface area contributed by atoms with Gasteiger partial charge in [-0.25, -0.2) is 0 Å². The first kappa shape index (κ1) is 14.9. The summed E-state index contributed by atoms with van der Waals surface area (Å²) in [4.78, 5) is 17.8. The highest BCUT2D eigenvalue weighted by Crippen LogP contribution is 2.24. The SMILES string of the molecule is O=C1CCCN1c1ccc(OCc2nc(-c3ccsc3)no2)cc1. The molecule has 1 aliphatic heterocycles. The summed E-state index contributed by atoms with van der Waals surface area (Å²) in [6.07, 6.45) is 1.54. The molecule has 3 aromatic rings. The Labute approximate surface area is 142 Å². The van der Waals surface area contributed by atoms with E-state index in [1.165, 1.54) is 0 Å². The average molecular weight is 341 g/mol. The van der Waals surface area contributed by atoms with Crippen molar-refractivity contribution in [1.29, 1.82) is 0 Å². The second kappa shape index (κ2) is 6.45. The van der Waals surface area contributed by atoms with Gasteiger partial charge in [0.05, 0.1) is 0 Å². The lowest BCUT2D eigenvalue weighted by atomic mass is 10.3. The van der Waals surface area contributed by atoms with Crippen molar-refractivity contribution in [3.63, 3.8) is 0 Å². The van der Waals surface area contributed by atoms with E-state index >= 15 is 0 Å². The minimum absolute atomic E-state index is 0.176. The average Bonchev–Trinajstić information content (AvgIpc) is 3.35. The fourth-order valence-corrected chi connectivity index (χ4v) is 3.25. The van der Waals surface area contributed by atoms with Gasteiger partial charge in [-0.3, -0.25) is 4.79 Å². The van der Waals surface area contributed by atoms with Crippen LogP contribution in [-0.2, 0) is 11.4 Å². The molecule has 1 aromatic carbocycles. The molecule has 6 nitrogen and oxygen atoms in total. The van der Waals surface area contributed by atoms with E-state index in [4.69, 9.17) is 9.26 Å². The lowest BCUT2D eigenvalue weighted by molar-refractivity contribution is -0.117. The molecule has 1 saturated heterocycles. The summed E-state index contributed by atoms with van der Waals surface area (Å²) in [7, 11) is 0. The Hall–Kier alpha value is -2.67. The Morgan fingerprint density at radius 3 is 2.83 bits per heavy atom. The van der Waals surface area contributed by atoms with E-state index in [9.17, 15) is 4.79 Å². The Balaban J connectivity index is 1.38. The second-order valence-corrected chi connectivity index (χ2v) is 6.24. The number of carbonyl (C=O) groups is 1. The molecule has 2 aromatic heterocycles. The van der Waals surface area contributed by atoms with Crippen LogP contribution in [0, 0.1) is 0 Å². The van der Waals surface area contributed by atoms with Crippen LogP contribution in [0.1, 0.15) is 18.7 Å². The molecule has 4 rings (SSSR count). The third kappa shape index (κ3) is 3.03. The summed E-state index contributed by atoms with van der Waals surface area (Å²) < 4.78 is 10.9. The van der Waals surface area contributed by atoms with Crippen molar-refractivity contribution in [3.05, 3.63) is 47.0 Å². The molecule has 24 heavy (non-hydrogen) atoms. The number of rotatable bonds is 5. The number of nitrogens with zero attached hydrogens (tertiary/aromatic N) is 3. The van der Waals surface area contributed by atoms with E-state index in [-0.39, 0.29) is 12.5 Å². The molecule has 0 aliphatic carbocycles. The van der Waals surface area contributed by atoms with E-state index in [1.54, 1.807) is 16.2 Å². The van der Waals surface area contributed by atoms with Gasteiger partial charge in [-0.15, -0.1) is 0 Å². The molecular weight excluding hydrogens is 326 g/mol. The Morgan fingerprint density at radius 2 is 2.12 bits per heavy atom. The van der Waals surface area contributed by atoms with Gasteiger partial charge in [-0.2, -0.15) is 16.3 Å². The number of amides is 1. The van der Waals surface area contributed by atoms with Crippen molar-refractivity contribution in [2.24, 2.45) is 0 Å². The lowest BCUT2D eigenvalue weighted by Gasteiger charge is -2.15. The maximum absolute atomic E-state index is 11.7. The number of carbonyl (C=O) groups excluding carboxylic acids is 1. The quantitative estimate of drug-likeness (QED) is 0.710. The molecule has 122 valence electrons. The largest absolute Gasteiger partial charge is 0.484 e. The zero-order chi connectivity index (χ0) is 16.4. The maximum atomic E-state index is 11.7. The molecule has 0 radical (unpaired) electrons. The van der Waals surface area contributed by atoms with Gasteiger partial charge < -0.3 is 14.2 Å². The van der Waals surface area contributed by atoms with Gasteiger partial charge in [0, 0.05) is 29.6 Å². The fraction of sp³-hybridized carbons (Fsp3) is 0.235. The van der Waals surface area contributed by atoms with Crippen LogP contribution >= 0.6 is 11.3 Å². The topological polar surface area (TPSA) is 68.5 Å². The highest BCUT2D eigenvalue weighted by Gasteiger charge is 2.21. The lowest BCUT2D eigenvalue weighted by Crippen LogP contribution is -2.23. The summed E-state index contributed by atoms with van der Waals surface area (Å²) in [6.45, 7) is 0.992. The molecule has 0 atom stereocenters. The van der Waals surface area contributed by atoms with Gasteiger partial charge in [0.1, 0.15) is 5.75 Å². The summed E-state index contributed by atoms with van der Waals surface area (Å²) in [5.74, 6) is 1.86. The minimum atomic E-state index is 0.176.